The number of fused-ring (bicyclic) bond motifs is 2. The quantitative estimate of drug-likeness (QED) is 0.173. The normalized spacial score (nSPS) is 32.8. The van der Waals surface area contributed by atoms with Crippen LogP contribution in [-0.2, 0) is 29.7 Å². The van der Waals surface area contributed by atoms with Crippen molar-refractivity contribution in [3.8, 4) is 0 Å². The van der Waals surface area contributed by atoms with Crippen molar-refractivity contribution < 1.29 is 40.0 Å². The molecule has 4 rings (SSSR count). The van der Waals surface area contributed by atoms with E-state index in [9.17, 15) is 25.9 Å². The molecule has 2 aliphatic heterocycles. The topological polar surface area (TPSA) is 139 Å². The molecule has 0 aromatic rings. The molecule has 4 aliphatic rings. The fraction of sp³-hybridized carbons (Fsp3) is 0.727. The number of allylic oxidation sites excluding steroid dienone is 8. The van der Waals surface area contributed by atoms with Crippen LogP contribution in [0.15, 0.2) is 48.2 Å². The second-order valence-corrected chi connectivity index (χ2v) is 17.2. The van der Waals surface area contributed by atoms with Gasteiger partial charge in [-0.2, -0.15) is 0 Å². The lowest BCUT2D eigenvalue weighted by Crippen LogP contribution is -2.41. The highest BCUT2D eigenvalue weighted by Gasteiger charge is 2.56. The number of methoxy groups -OCH3 is 2. The first-order chi connectivity index (χ1) is 21.0. The van der Waals surface area contributed by atoms with Crippen LogP contribution in [-0.4, -0.2) is 104 Å². The van der Waals surface area contributed by atoms with Gasteiger partial charge in [-0.1, -0.05) is 44.2 Å². The van der Waals surface area contributed by atoms with Gasteiger partial charge in [0.15, 0.2) is 18.3 Å². The van der Waals surface area contributed by atoms with E-state index in [0.717, 1.165) is 49.9 Å². The van der Waals surface area contributed by atoms with E-state index in [1.807, 2.05) is 42.5 Å². The molecule has 2 aliphatic carbocycles. The van der Waals surface area contributed by atoms with E-state index >= 15 is 0 Å². The first-order valence-electron chi connectivity index (χ1n) is 16.0. The Morgan fingerprint density at radius 2 is 1.38 bits per heavy atom. The summed E-state index contributed by atoms with van der Waals surface area (Å²) in [6.07, 6.45) is 19.4. The van der Waals surface area contributed by atoms with Crippen molar-refractivity contribution in [2.45, 2.75) is 90.5 Å². The van der Waals surface area contributed by atoms with Gasteiger partial charge < -0.3 is 23.5 Å². The number of ether oxygens (including phenoxy) is 2. The first-order valence-corrected chi connectivity index (χ1v) is 19.2. The van der Waals surface area contributed by atoms with Gasteiger partial charge in [-0.3, -0.25) is 0 Å². The number of rotatable bonds is 12. The first kappa shape index (κ1) is 36.0. The molecule has 0 amide bonds. The number of nitrogens with zero attached hydrogens (tertiary/aromatic N) is 2. The van der Waals surface area contributed by atoms with Gasteiger partial charge in [0.25, 0.3) is 0 Å². The standard InChI is InChI=1S/C33H52N2O8S2/c1-32(2)26-22-24(42-5)14-16-28(26)34(18-20-44(36,37)38)30(32)12-10-8-7-9-11-13-31-33(3,4)27-23-25(43-6)15-17-29(27)35(31)19-21-45(39,40)41/h7-13,24-29H,14-23H2,1-6H3,(H-,36,37,38,39,40,41)/p-1. The highest BCUT2D eigenvalue weighted by Crippen LogP contribution is 2.53. The smallest absolute Gasteiger partial charge is 0.182 e. The summed E-state index contributed by atoms with van der Waals surface area (Å²) in [5.41, 5.74) is 1.63. The summed E-state index contributed by atoms with van der Waals surface area (Å²) in [6.45, 7) is 9.09. The van der Waals surface area contributed by atoms with Gasteiger partial charge in [-0.25, -0.2) is 21.4 Å². The Kier molecular flexibility index (Phi) is 11.3. The van der Waals surface area contributed by atoms with Crippen LogP contribution < -0.4 is 0 Å². The van der Waals surface area contributed by atoms with Gasteiger partial charge in [-0.15, -0.1) is 0 Å². The third-order valence-corrected chi connectivity index (χ3v) is 12.3. The summed E-state index contributed by atoms with van der Waals surface area (Å²) in [7, 11) is -5.21. The molecule has 0 aromatic carbocycles. The van der Waals surface area contributed by atoms with E-state index in [4.69, 9.17) is 9.47 Å². The van der Waals surface area contributed by atoms with Crippen LogP contribution in [0.5, 0.6) is 0 Å². The third-order valence-electron chi connectivity index (χ3n) is 10.9. The molecule has 0 bridgehead atoms. The molecule has 2 heterocycles. The number of hydrogen-bond acceptors (Lipinski definition) is 9. The predicted molar refractivity (Wildman–Crippen MR) is 173 cm³/mol. The van der Waals surface area contributed by atoms with Crippen LogP contribution in [0.25, 0.3) is 0 Å². The lowest BCUT2D eigenvalue weighted by Gasteiger charge is -2.37. The summed E-state index contributed by atoms with van der Waals surface area (Å²) in [6, 6.07) is 0.334. The van der Waals surface area contributed by atoms with Gasteiger partial charge in [0.1, 0.15) is 10.1 Å². The fourth-order valence-electron chi connectivity index (χ4n) is 8.53. The lowest BCUT2D eigenvalue weighted by molar-refractivity contribution is -0.563. The molecule has 10 nitrogen and oxygen atoms in total. The van der Waals surface area contributed by atoms with Crippen LogP contribution >= 0.6 is 0 Å². The molecular weight excluding hydrogens is 617 g/mol. The van der Waals surface area contributed by atoms with Crippen LogP contribution in [0, 0.1) is 22.7 Å². The van der Waals surface area contributed by atoms with E-state index in [2.05, 4.69) is 37.2 Å². The SMILES string of the molecule is COC1CCC2C(C1)C(C)(C)C(/C=C/C=C/C=C/C=C1/N(CCS(=O)(=O)[O-])C3CCC(OC)CC3C1(C)C)=[N+]2CCS(=O)(=O)[O-]. The molecule has 254 valence electrons. The highest BCUT2D eigenvalue weighted by atomic mass is 32.2. The van der Waals surface area contributed by atoms with Gasteiger partial charge in [0.2, 0.25) is 0 Å². The Bertz CT molecular complexity index is 1440. The minimum Gasteiger partial charge on any atom is -0.748 e. The minimum atomic E-state index is -4.34. The molecule has 0 spiro atoms. The van der Waals surface area contributed by atoms with Crippen LogP contribution in [0.3, 0.4) is 0 Å². The van der Waals surface area contributed by atoms with Crippen molar-refractivity contribution in [3.63, 3.8) is 0 Å². The van der Waals surface area contributed by atoms with E-state index in [1.165, 1.54) is 0 Å². The highest BCUT2D eigenvalue weighted by molar-refractivity contribution is 7.85. The van der Waals surface area contributed by atoms with Gasteiger partial charge in [-0.05, 0) is 57.9 Å². The molecule has 6 unspecified atom stereocenters. The van der Waals surface area contributed by atoms with Gasteiger partial charge >= 0.3 is 0 Å². The van der Waals surface area contributed by atoms with Crippen molar-refractivity contribution in [3.05, 3.63) is 48.2 Å². The molecule has 2 saturated carbocycles. The Labute approximate surface area is 270 Å². The molecule has 0 radical (unpaired) electrons. The van der Waals surface area contributed by atoms with Crippen LogP contribution in [0.2, 0.25) is 0 Å². The van der Waals surface area contributed by atoms with Gasteiger partial charge in [0, 0.05) is 56.3 Å². The average Bonchev–Trinajstić information content (AvgIpc) is 3.31. The zero-order valence-electron chi connectivity index (χ0n) is 27.6. The summed E-state index contributed by atoms with van der Waals surface area (Å²) >= 11 is 0. The van der Waals surface area contributed by atoms with E-state index < -0.39 is 31.7 Å². The van der Waals surface area contributed by atoms with Crippen molar-refractivity contribution in [1.29, 1.82) is 0 Å². The summed E-state index contributed by atoms with van der Waals surface area (Å²) < 4.78 is 82.5. The Morgan fingerprint density at radius 1 is 0.800 bits per heavy atom. The molecular formula is C33H51N2O8S2-. The monoisotopic (exact) mass is 667 g/mol. The maximum atomic E-state index is 11.5. The zero-order chi connectivity index (χ0) is 33.2. The Hall–Kier alpha value is -1.83. The molecule has 3 fully saturated rings. The average molecular weight is 668 g/mol. The molecule has 0 aromatic heterocycles. The molecule has 1 saturated heterocycles. The van der Waals surface area contributed by atoms with Crippen molar-refractivity contribution in [1.82, 2.24) is 4.90 Å². The predicted octanol–water partition coefficient (Wildman–Crippen LogP) is 3.83. The summed E-state index contributed by atoms with van der Waals surface area (Å²) in [5, 5.41) is 0. The summed E-state index contributed by atoms with van der Waals surface area (Å²) in [4.78, 5) is 2.13. The third kappa shape index (κ3) is 8.37. The number of likely N-dealkylation sites (tertiary alicyclic amines) is 1. The van der Waals surface area contributed by atoms with E-state index in [0.29, 0.717) is 0 Å². The van der Waals surface area contributed by atoms with Crippen LogP contribution in [0.1, 0.15) is 66.2 Å². The fourth-order valence-corrected chi connectivity index (χ4v) is 9.38. The number of hydrogen-bond donors (Lipinski definition) is 0. The Balaban J connectivity index is 1.53. The summed E-state index contributed by atoms with van der Waals surface area (Å²) in [5.74, 6) is -0.269. The van der Waals surface area contributed by atoms with Gasteiger partial charge in [0.05, 0.1) is 39.2 Å². The molecule has 6 atom stereocenters. The van der Waals surface area contributed by atoms with E-state index in [-0.39, 0.29) is 60.0 Å². The second kappa shape index (κ2) is 14.1. The maximum absolute atomic E-state index is 11.5. The Morgan fingerprint density at radius 3 is 2.00 bits per heavy atom. The molecule has 0 N–H and O–H groups in total. The second-order valence-electron chi connectivity index (χ2n) is 14.1. The van der Waals surface area contributed by atoms with E-state index in [1.54, 1.807) is 14.2 Å². The molecule has 12 heteroatoms. The van der Waals surface area contributed by atoms with Crippen molar-refractivity contribution >= 4 is 25.9 Å². The molecule has 45 heavy (non-hydrogen) atoms. The lowest BCUT2D eigenvalue weighted by atomic mass is 9.68. The zero-order valence-corrected chi connectivity index (χ0v) is 29.2. The minimum absolute atomic E-state index is 0.167. The maximum Gasteiger partial charge on any atom is 0.182 e. The van der Waals surface area contributed by atoms with Crippen molar-refractivity contribution in [2.24, 2.45) is 22.7 Å². The largest absolute Gasteiger partial charge is 0.748 e. The van der Waals surface area contributed by atoms with Crippen LogP contribution in [0.4, 0.5) is 0 Å². The van der Waals surface area contributed by atoms with Crippen molar-refractivity contribution in [2.75, 3.05) is 38.8 Å².